The Bertz CT molecular complexity index is 315. The van der Waals surface area contributed by atoms with Gasteiger partial charge in [0.15, 0.2) is 0 Å². The molecule has 0 bridgehead atoms. The summed E-state index contributed by atoms with van der Waals surface area (Å²) in [6.45, 7) is 3.07. The Labute approximate surface area is 115 Å². The summed E-state index contributed by atoms with van der Waals surface area (Å²) < 4.78 is 6.37. The first-order valence-electron chi connectivity index (χ1n) is 5.46. The van der Waals surface area contributed by atoms with E-state index in [0.717, 1.165) is 22.8 Å². The van der Waals surface area contributed by atoms with Crippen LogP contribution in [0.3, 0.4) is 0 Å². The molecule has 0 N–H and O–H groups in total. The quantitative estimate of drug-likeness (QED) is 0.696. The highest BCUT2D eigenvalue weighted by Crippen LogP contribution is 2.22. The second kappa shape index (κ2) is 7.46. The number of halogens is 2. The molecule has 0 aliphatic heterocycles. The summed E-state index contributed by atoms with van der Waals surface area (Å²) in [5.74, 6) is 1.19. The third kappa shape index (κ3) is 4.56. The van der Waals surface area contributed by atoms with E-state index in [0.29, 0.717) is 11.8 Å². The number of hydrogen-bond donors (Lipinski definition) is 0. The van der Waals surface area contributed by atoms with Gasteiger partial charge in [0, 0.05) is 23.5 Å². The molecule has 3 heteroatoms. The van der Waals surface area contributed by atoms with E-state index in [4.69, 9.17) is 4.74 Å². The maximum absolute atomic E-state index is 5.22. The number of rotatable bonds is 6. The Kier molecular flexibility index (Phi) is 6.62. The molecule has 1 aromatic carbocycles. The van der Waals surface area contributed by atoms with E-state index < -0.39 is 0 Å². The van der Waals surface area contributed by atoms with Crippen molar-refractivity contribution in [1.82, 2.24) is 0 Å². The highest BCUT2D eigenvalue weighted by Gasteiger charge is 2.16. The molecule has 0 aromatic heterocycles. The number of ether oxygens (including phenoxy) is 1. The van der Waals surface area contributed by atoms with E-state index in [1.165, 1.54) is 5.56 Å². The lowest BCUT2D eigenvalue weighted by Gasteiger charge is -2.21. The molecule has 0 saturated heterocycles. The number of alkyl halides is 1. The van der Waals surface area contributed by atoms with Crippen molar-refractivity contribution in [3.63, 3.8) is 0 Å². The lowest BCUT2D eigenvalue weighted by molar-refractivity contribution is 0.135. The van der Waals surface area contributed by atoms with Crippen LogP contribution in [0.1, 0.15) is 12.5 Å². The van der Waals surface area contributed by atoms with Crippen LogP contribution in [0.5, 0.6) is 0 Å². The van der Waals surface area contributed by atoms with Crippen molar-refractivity contribution in [2.24, 2.45) is 11.8 Å². The lowest BCUT2D eigenvalue weighted by Crippen LogP contribution is -2.20. The molecule has 0 saturated carbocycles. The minimum Gasteiger partial charge on any atom is -0.384 e. The van der Waals surface area contributed by atoms with Gasteiger partial charge >= 0.3 is 0 Å². The van der Waals surface area contributed by atoms with Gasteiger partial charge in [0.1, 0.15) is 0 Å². The van der Waals surface area contributed by atoms with Crippen LogP contribution in [0.15, 0.2) is 28.7 Å². The van der Waals surface area contributed by atoms with Gasteiger partial charge in [-0.1, -0.05) is 50.9 Å². The Morgan fingerprint density at radius 2 is 2.12 bits per heavy atom. The zero-order valence-electron chi connectivity index (χ0n) is 9.75. The van der Waals surface area contributed by atoms with Crippen LogP contribution in [0.25, 0.3) is 0 Å². The van der Waals surface area contributed by atoms with Crippen molar-refractivity contribution in [3.8, 4) is 0 Å². The molecule has 1 aromatic rings. The van der Waals surface area contributed by atoms with E-state index in [-0.39, 0.29) is 0 Å². The van der Waals surface area contributed by atoms with Crippen LogP contribution in [-0.4, -0.2) is 19.0 Å². The fourth-order valence-corrected chi connectivity index (χ4v) is 3.09. The molecule has 2 unspecified atom stereocenters. The summed E-state index contributed by atoms with van der Waals surface area (Å²) in [5.41, 5.74) is 1.38. The Morgan fingerprint density at radius 1 is 1.38 bits per heavy atom. The van der Waals surface area contributed by atoms with Crippen LogP contribution in [0, 0.1) is 11.8 Å². The van der Waals surface area contributed by atoms with Crippen molar-refractivity contribution < 1.29 is 4.74 Å². The van der Waals surface area contributed by atoms with Crippen LogP contribution < -0.4 is 0 Å². The third-order valence-corrected chi connectivity index (χ3v) is 4.14. The van der Waals surface area contributed by atoms with Crippen molar-refractivity contribution >= 4 is 31.9 Å². The lowest BCUT2D eigenvalue weighted by atomic mass is 9.90. The zero-order valence-corrected chi connectivity index (χ0v) is 12.9. The minimum atomic E-state index is 0.573. The Balaban J connectivity index is 2.62. The highest BCUT2D eigenvalue weighted by molar-refractivity contribution is 9.10. The molecule has 0 radical (unpaired) electrons. The van der Waals surface area contributed by atoms with E-state index >= 15 is 0 Å². The summed E-state index contributed by atoms with van der Waals surface area (Å²) >= 11 is 7.10. The van der Waals surface area contributed by atoms with Gasteiger partial charge < -0.3 is 4.74 Å². The molecule has 1 nitrogen and oxygen atoms in total. The maximum Gasteiger partial charge on any atom is 0.0490 e. The highest BCUT2D eigenvalue weighted by atomic mass is 79.9. The van der Waals surface area contributed by atoms with Crippen LogP contribution in [-0.2, 0) is 11.2 Å². The largest absolute Gasteiger partial charge is 0.384 e. The molecule has 2 atom stereocenters. The summed E-state index contributed by atoms with van der Waals surface area (Å²) in [4.78, 5) is 0. The predicted molar refractivity (Wildman–Crippen MR) is 76.2 cm³/mol. The molecule has 1 rings (SSSR count). The first-order valence-corrected chi connectivity index (χ1v) is 7.38. The molecule has 0 aliphatic carbocycles. The first kappa shape index (κ1) is 14.2. The topological polar surface area (TPSA) is 9.23 Å². The third-order valence-electron chi connectivity index (χ3n) is 2.82. The summed E-state index contributed by atoms with van der Waals surface area (Å²) in [6.07, 6.45) is 1.09. The van der Waals surface area contributed by atoms with Crippen molar-refractivity contribution in [3.05, 3.63) is 34.3 Å². The van der Waals surface area contributed by atoms with Crippen molar-refractivity contribution in [2.45, 2.75) is 13.3 Å². The van der Waals surface area contributed by atoms with E-state index in [2.05, 4.69) is 63.0 Å². The normalized spacial score (nSPS) is 14.8. The molecule has 0 amide bonds. The molecule has 0 spiro atoms. The van der Waals surface area contributed by atoms with Gasteiger partial charge in [-0.25, -0.2) is 0 Å². The van der Waals surface area contributed by atoms with Gasteiger partial charge in [0.05, 0.1) is 0 Å². The van der Waals surface area contributed by atoms with Gasteiger partial charge in [-0.3, -0.25) is 0 Å². The molecule has 16 heavy (non-hydrogen) atoms. The zero-order chi connectivity index (χ0) is 12.0. The predicted octanol–water partition coefficient (Wildman–Crippen LogP) is 4.29. The van der Waals surface area contributed by atoms with Gasteiger partial charge in [0.25, 0.3) is 0 Å². The molecular formula is C13H18Br2O. The Morgan fingerprint density at radius 3 is 2.69 bits per heavy atom. The molecule has 90 valence electrons. The van der Waals surface area contributed by atoms with Gasteiger partial charge in [-0.2, -0.15) is 0 Å². The van der Waals surface area contributed by atoms with Gasteiger partial charge in [-0.15, -0.1) is 0 Å². The minimum absolute atomic E-state index is 0.573. The number of hydrogen-bond acceptors (Lipinski definition) is 1. The molecule has 0 fully saturated rings. The van der Waals surface area contributed by atoms with E-state index in [1.807, 2.05) is 0 Å². The Hall–Kier alpha value is 0.140. The van der Waals surface area contributed by atoms with Crippen molar-refractivity contribution in [2.75, 3.05) is 19.0 Å². The monoisotopic (exact) mass is 348 g/mol. The fourth-order valence-electron chi connectivity index (χ4n) is 1.77. The summed E-state index contributed by atoms with van der Waals surface area (Å²) in [5, 5.41) is 1.02. The smallest absolute Gasteiger partial charge is 0.0490 e. The summed E-state index contributed by atoms with van der Waals surface area (Å²) in [6, 6.07) is 8.52. The van der Waals surface area contributed by atoms with Crippen LogP contribution in [0.2, 0.25) is 0 Å². The average Bonchev–Trinajstić information content (AvgIpc) is 2.26. The SMILES string of the molecule is COCC(C)C(CBr)Cc1cccc(Br)c1. The average molecular weight is 350 g/mol. The van der Waals surface area contributed by atoms with Gasteiger partial charge in [0.2, 0.25) is 0 Å². The molecule has 0 aliphatic rings. The second-order valence-corrected chi connectivity index (χ2v) is 5.74. The van der Waals surface area contributed by atoms with E-state index in [1.54, 1.807) is 7.11 Å². The van der Waals surface area contributed by atoms with Crippen LogP contribution in [0.4, 0.5) is 0 Å². The maximum atomic E-state index is 5.22. The molecular weight excluding hydrogens is 332 g/mol. The fraction of sp³-hybridized carbons (Fsp3) is 0.538. The van der Waals surface area contributed by atoms with Gasteiger partial charge in [-0.05, 0) is 36.0 Å². The molecule has 0 heterocycles. The number of benzene rings is 1. The van der Waals surface area contributed by atoms with Crippen LogP contribution >= 0.6 is 31.9 Å². The standard InChI is InChI=1S/C13H18Br2O/c1-10(9-16-2)12(8-14)6-11-4-3-5-13(15)7-11/h3-5,7,10,12H,6,8-9H2,1-2H3. The van der Waals surface area contributed by atoms with Crippen molar-refractivity contribution in [1.29, 1.82) is 0 Å². The summed E-state index contributed by atoms with van der Waals surface area (Å²) in [7, 11) is 1.76. The second-order valence-electron chi connectivity index (χ2n) is 4.18. The van der Waals surface area contributed by atoms with E-state index in [9.17, 15) is 0 Å². The first-order chi connectivity index (χ1) is 7.67. The number of methoxy groups -OCH3 is 1.